The van der Waals surface area contributed by atoms with Gasteiger partial charge < -0.3 is 9.09 Å². The smallest absolute Gasteiger partial charge is 0.191 e. The summed E-state index contributed by atoms with van der Waals surface area (Å²) in [6, 6.07) is 19.5. The van der Waals surface area contributed by atoms with Crippen LogP contribution in [0.5, 0.6) is 0 Å². The Hall–Kier alpha value is -3.37. The first-order valence-corrected chi connectivity index (χ1v) is 9.60. The molecule has 1 unspecified atom stereocenters. The third kappa shape index (κ3) is 3.68. The topological polar surface area (TPSA) is 80.5 Å². The molecule has 4 rings (SSSR count). The van der Waals surface area contributed by atoms with Gasteiger partial charge in [0, 0.05) is 29.5 Å². The van der Waals surface area contributed by atoms with E-state index >= 15 is 0 Å². The summed E-state index contributed by atoms with van der Waals surface area (Å²) in [5.41, 5.74) is 4.41. The van der Waals surface area contributed by atoms with Crippen LogP contribution in [0, 0.1) is 11.3 Å². The molecule has 0 bridgehead atoms. The van der Waals surface area contributed by atoms with Gasteiger partial charge in [-0.05, 0) is 30.7 Å². The Morgan fingerprint density at radius 3 is 2.64 bits per heavy atom. The molecule has 0 radical (unpaired) electrons. The van der Waals surface area contributed by atoms with Crippen molar-refractivity contribution < 1.29 is 4.52 Å². The summed E-state index contributed by atoms with van der Waals surface area (Å²) in [6.07, 6.45) is 1.70. The molecule has 0 aliphatic rings. The summed E-state index contributed by atoms with van der Waals surface area (Å²) >= 11 is 1.66. The lowest BCUT2D eigenvalue weighted by Gasteiger charge is -2.11. The average Bonchev–Trinajstić information content (AvgIpc) is 3.38. The number of benzene rings is 2. The maximum atomic E-state index is 8.92. The van der Waals surface area contributed by atoms with Gasteiger partial charge in [-0.15, -0.1) is 10.2 Å². The van der Waals surface area contributed by atoms with E-state index in [9.17, 15) is 0 Å². The van der Waals surface area contributed by atoms with Crippen LogP contribution in [0.3, 0.4) is 0 Å². The zero-order valence-electron chi connectivity index (χ0n) is 15.4. The van der Waals surface area contributed by atoms with Crippen molar-refractivity contribution in [2.75, 3.05) is 0 Å². The normalized spacial score (nSPS) is 11.9. The molecule has 7 heteroatoms. The Bertz CT molecular complexity index is 1140. The standard InChI is InChI=1S/C21H17N5OS/c1-14(28-21-24-23-13-26(21)2)17-4-3-5-18(10-17)20-11-19(25-27-20)16-8-6-15(12-22)7-9-16/h3-11,13-14H,1-2H3. The number of nitrogens with zero attached hydrogens (tertiary/aromatic N) is 5. The van der Waals surface area contributed by atoms with Crippen LogP contribution in [-0.4, -0.2) is 19.9 Å². The van der Waals surface area contributed by atoms with E-state index in [4.69, 9.17) is 9.78 Å². The molecule has 0 aliphatic carbocycles. The number of nitriles is 1. The maximum Gasteiger partial charge on any atom is 0.191 e. The van der Waals surface area contributed by atoms with Crippen LogP contribution in [0.25, 0.3) is 22.6 Å². The molecule has 6 nitrogen and oxygen atoms in total. The van der Waals surface area contributed by atoms with Crippen molar-refractivity contribution in [2.45, 2.75) is 17.3 Å². The quantitative estimate of drug-likeness (QED) is 0.455. The Kier molecular flexibility index (Phi) is 4.96. The van der Waals surface area contributed by atoms with E-state index in [1.165, 1.54) is 5.56 Å². The van der Waals surface area contributed by atoms with Crippen LogP contribution >= 0.6 is 11.8 Å². The molecule has 2 aromatic carbocycles. The summed E-state index contributed by atoms with van der Waals surface area (Å²) < 4.78 is 7.48. The van der Waals surface area contributed by atoms with Crippen LogP contribution in [0.15, 0.2) is 70.6 Å². The molecule has 0 spiro atoms. The molecule has 0 amide bonds. The predicted octanol–water partition coefficient (Wildman–Crippen LogP) is 4.86. The fourth-order valence-corrected chi connectivity index (χ4v) is 3.72. The van der Waals surface area contributed by atoms with Crippen molar-refractivity contribution >= 4 is 11.8 Å². The molecule has 1 atom stereocenters. The van der Waals surface area contributed by atoms with Crippen molar-refractivity contribution in [3.8, 4) is 28.7 Å². The molecule has 138 valence electrons. The molecule has 2 heterocycles. The van der Waals surface area contributed by atoms with Gasteiger partial charge in [0.1, 0.15) is 12.0 Å². The third-order valence-electron chi connectivity index (χ3n) is 4.41. The minimum Gasteiger partial charge on any atom is -0.356 e. The first-order chi connectivity index (χ1) is 13.6. The molecule has 0 aliphatic heterocycles. The second kappa shape index (κ2) is 7.71. The van der Waals surface area contributed by atoms with Crippen molar-refractivity contribution in [1.29, 1.82) is 5.26 Å². The van der Waals surface area contributed by atoms with Crippen molar-refractivity contribution in [1.82, 2.24) is 19.9 Å². The van der Waals surface area contributed by atoms with Crippen molar-refractivity contribution in [3.05, 3.63) is 72.1 Å². The Morgan fingerprint density at radius 2 is 1.93 bits per heavy atom. The monoisotopic (exact) mass is 387 g/mol. The zero-order chi connectivity index (χ0) is 19.5. The molecule has 0 saturated heterocycles. The third-order valence-corrected chi connectivity index (χ3v) is 5.62. The maximum absolute atomic E-state index is 8.92. The fraction of sp³-hybridized carbons (Fsp3) is 0.143. The highest BCUT2D eigenvalue weighted by atomic mass is 32.2. The Labute approximate surface area is 166 Å². The zero-order valence-corrected chi connectivity index (χ0v) is 16.2. The van der Waals surface area contributed by atoms with E-state index < -0.39 is 0 Å². The molecule has 28 heavy (non-hydrogen) atoms. The highest BCUT2D eigenvalue weighted by Crippen LogP contribution is 2.35. The van der Waals surface area contributed by atoms with Gasteiger partial charge in [0.15, 0.2) is 10.9 Å². The average molecular weight is 387 g/mol. The van der Waals surface area contributed by atoms with E-state index in [1.807, 2.05) is 41.9 Å². The van der Waals surface area contributed by atoms with Gasteiger partial charge in [-0.2, -0.15) is 5.26 Å². The highest BCUT2D eigenvalue weighted by Gasteiger charge is 2.14. The van der Waals surface area contributed by atoms with Crippen LogP contribution in [0.2, 0.25) is 0 Å². The van der Waals surface area contributed by atoms with Gasteiger partial charge >= 0.3 is 0 Å². The SMILES string of the molecule is CC(Sc1nncn1C)c1cccc(-c2cc(-c3ccc(C#N)cc3)no2)c1. The number of aromatic nitrogens is 4. The second-order valence-electron chi connectivity index (χ2n) is 6.38. The van der Waals surface area contributed by atoms with Gasteiger partial charge in [-0.3, -0.25) is 0 Å². The Balaban J connectivity index is 1.57. The van der Waals surface area contributed by atoms with Crippen LogP contribution in [0.4, 0.5) is 0 Å². The number of hydrogen-bond donors (Lipinski definition) is 0. The lowest BCUT2D eigenvalue weighted by atomic mass is 10.1. The summed E-state index contributed by atoms with van der Waals surface area (Å²) in [7, 11) is 1.94. The van der Waals surface area contributed by atoms with Crippen molar-refractivity contribution in [2.24, 2.45) is 7.05 Å². The van der Waals surface area contributed by atoms with E-state index in [1.54, 1.807) is 30.2 Å². The molecule has 0 N–H and O–H groups in total. The molecule has 4 aromatic rings. The summed E-state index contributed by atoms with van der Waals surface area (Å²) in [5, 5.41) is 22.3. The van der Waals surface area contributed by atoms with Crippen LogP contribution in [-0.2, 0) is 7.05 Å². The Morgan fingerprint density at radius 1 is 1.11 bits per heavy atom. The predicted molar refractivity (Wildman–Crippen MR) is 107 cm³/mol. The van der Waals surface area contributed by atoms with Gasteiger partial charge in [0.05, 0.1) is 11.6 Å². The largest absolute Gasteiger partial charge is 0.356 e. The van der Waals surface area contributed by atoms with Gasteiger partial charge in [-0.1, -0.05) is 47.3 Å². The molecular weight excluding hydrogens is 370 g/mol. The molecule has 0 saturated carbocycles. The van der Waals surface area contributed by atoms with E-state index in [0.717, 1.165) is 22.0 Å². The molecule has 0 fully saturated rings. The summed E-state index contributed by atoms with van der Waals surface area (Å²) in [6.45, 7) is 2.14. The minimum absolute atomic E-state index is 0.212. The van der Waals surface area contributed by atoms with Crippen LogP contribution < -0.4 is 0 Å². The first-order valence-electron chi connectivity index (χ1n) is 8.72. The van der Waals surface area contributed by atoms with Gasteiger partial charge in [0.25, 0.3) is 0 Å². The van der Waals surface area contributed by atoms with E-state index in [0.29, 0.717) is 11.3 Å². The van der Waals surface area contributed by atoms with Gasteiger partial charge in [-0.25, -0.2) is 0 Å². The van der Waals surface area contributed by atoms with E-state index in [-0.39, 0.29) is 5.25 Å². The number of hydrogen-bond acceptors (Lipinski definition) is 6. The highest BCUT2D eigenvalue weighted by molar-refractivity contribution is 7.99. The second-order valence-corrected chi connectivity index (χ2v) is 7.68. The fourth-order valence-electron chi connectivity index (χ4n) is 2.81. The summed E-state index contributed by atoms with van der Waals surface area (Å²) in [5.74, 6) is 0.706. The lowest BCUT2D eigenvalue weighted by Crippen LogP contribution is -1.94. The minimum atomic E-state index is 0.212. The number of aryl methyl sites for hydroxylation is 1. The van der Waals surface area contributed by atoms with E-state index in [2.05, 4.69) is 40.5 Å². The lowest BCUT2D eigenvalue weighted by molar-refractivity contribution is 0.435. The number of thioether (sulfide) groups is 1. The van der Waals surface area contributed by atoms with Crippen LogP contribution in [0.1, 0.15) is 23.3 Å². The number of rotatable bonds is 5. The molecular formula is C21H17N5OS. The van der Waals surface area contributed by atoms with Gasteiger partial charge in [0.2, 0.25) is 0 Å². The summed E-state index contributed by atoms with van der Waals surface area (Å²) in [4.78, 5) is 0. The molecule has 2 aromatic heterocycles. The first kappa shape index (κ1) is 18.0. The van der Waals surface area contributed by atoms with Crippen molar-refractivity contribution in [3.63, 3.8) is 0 Å².